The molecule has 2 aromatic heterocycles. The number of anilines is 1. The molecule has 4 rings (SSSR count). The van der Waals surface area contributed by atoms with E-state index in [1.807, 2.05) is 6.92 Å². The molecule has 3 heterocycles. The molecule has 0 aliphatic carbocycles. The average molecular weight is 499 g/mol. The second-order valence-electron chi connectivity index (χ2n) is 9.30. The summed E-state index contributed by atoms with van der Waals surface area (Å²) in [6.07, 6.45) is 3.31. The zero-order valence-electron chi connectivity index (χ0n) is 21.3. The Kier molecular flexibility index (Phi) is 7.31. The van der Waals surface area contributed by atoms with Gasteiger partial charge in [-0.05, 0) is 19.8 Å². The van der Waals surface area contributed by atoms with Gasteiger partial charge >= 0.3 is 0 Å². The van der Waals surface area contributed by atoms with E-state index in [1.54, 1.807) is 28.6 Å². The first-order chi connectivity index (χ1) is 17.2. The predicted molar refractivity (Wildman–Crippen MR) is 134 cm³/mol. The van der Waals surface area contributed by atoms with E-state index in [-0.39, 0.29) is 36.0 Å². The van der Waals surface area contributed by atoms with Crippen LogP contribution in [-0.4, -0.2) is 51.5 Å². The van der Waals surface area contributed by atoms with Crippen LogP contribution in [0, 0.1) is 23.0 Å². The quantitative estimate of drug-likeness (QED) is 0.490. The van der Waals surface area contributed by atoms with Crippen LogP contribution in [0.1, 0.15) is 45.2 Å². The highest BCUT2D eigenvalue weighted by atomic mass is 19.1. The van der Waals surface area contributed by atoms with Gasteiger partial charge in [0.25, 0.3) is 5.56 Å². The fraction of sp³-hybridized carbons (Fsp3) is 0.500. The van der Waals surface area contributed by atoms with Gasteiger partial charge in [-0.3, -0.25) is 14.4 Å². The van der Waals surface area contributed by atoms with Gasteiger partial charge in [0.2, 0.25) is 0 Å². The third kappa shape index (κ3) is 4.44. The average Bonchev–Trinajstić information content (AvgIpc) is 3.29. The number of hydrogen-bond acceptors (Lipinski definition) is 6. The molecule has 3 atom stereocenters. The number of methoxy groups -OCH3 is 1. The van der Waals surface area contributed by atoms with Crippen LogP contribution in [0.5, 0.6) is 5.75 Å². The van der Waals surface area contributed by atoms with Crippen molar-refractivity contribution in [3.63, 3.8) is 0 Å². The summed E-state index contributed by atoms with van der Waals surface area (Å²) >= 11 is 0. The van der Waals surface area contributed by atoms with Crippen LogP contribution < -0.4 is 15.2 Å². The van der Waals surface area contributed by atoms with Gasteiger partial charge in [0.05, 0.1) is 30.6 Å². The number of pyridine rings is 1. The van der Waals surface area contributed by atoms with Gasteiger partial charge in [-0.1, -0.05) is 13.8 Å². The van der Waals surface area contributed by atoms with E-state index >= 15 is 0 Å². The Labute approximate surface area is 209 Å². The molecule has 1 aromatic carbocycles. The van der Waals surface area contributed by atoms with E-state index in [4.69, 9.17) is 10.00 Å². The molecule has 1 saturated heterocycles. The van der Waals surface area contributed by atoms with Crippen molar-refractivity contribution in [2.24, 2.45) is 7.05 Å². The minimum atomic E-state index is -0.672. The zero-order chi connectivity index (χ0) is 26.1. The maximum Gasteiger partial charge on any atom is 0.252 e. The van der Waals surface area contributed by atoms with E-state index in [0.29, 0.717) is 29.7 Å². The topological polar surface area (TPSA) is 79.3 Å². The Bertz CT molecular complexity index is 1360. The van der Waals surface area contributed by atoms with Crippen LogP contribution in [0.15, 0.2) is 29.2 Å². The summed E-state index contributed by atoms with van der Waals surface area (Å²) in [5.74, 6) is -1.10. The fourth-order valence-electron chi connectivity index (χ4n) is 5.37. The van der Waals surface area contributed by atoms with E-state index in [2.05, 4.69) is 34.8 Å². The molecule has 0 bridgehead atoms. The molecule has 0 radical (unpaired) electrons. The van der Waals surface area contributed by atoms with Gasteiger partial charge < -0.3 is 14.2 Å². The monoisotopic (exact) mass is 498 g/mol. The third-order valence-corrected chi connectivity index (χ3v) is 7.35. The number of fused-ring (bicyclic) bond motifs is 1. The second-order valence-corrected chi connectivity index (χ2v) is 9.30. The highest BCUT2D eigenvalue weighted by Gasteiger charge is 2.38. The SMILES string of the molecule is CC[C@H]1CN([C@H](C)c2c(F)cc(F)cc2OC)[C@H](CC)CN1c1cc(=O)n(C)c2cn(CC#N)nc12. The number of nitriles is 1. The lowest BCUT2D eigenvalue weighted by atomic mass is 9.95. The number of ether oxygens (including phenoxy) is 1. The number of aromatic nitrogens is 3. The van der Waals surface area contributed by atoms with Crippen LogP contribution in [0.4, 0.5) is 14.5 Å². The molecule has 8 nitrogen and oxygen atoms in total. The minimum absolute atomic E-state index is 0.0289. The van der Waals surface area contributed by atoms with Crippen molar-refractivity contribution in [1.82, 2.24) is 19.2 Å². The molecule has 0 unspecified atom stereocenters. The molecule has 0 saturated carbocycles. The number of hydrogen-bond donors (Lipinski definition) is 0. The van der Waals surface area contributed by atoms with Gasteiger partial charge in [0.15, 0.2) is 0 Å². The number of aryl methyl sites for hydroxylation is 1. The first kappa shape index (κ1) is 25.6. The van der Waals surface area contributed by atoms with Crippen LogP contribution in [0.3, 0.4) is 0 Å². The van der Waals surface area contributed by atoms with Crippen molar-refractivity contribution in [2.75, 3.05) is 25.1 Å². The molecule has 1 aliphatic heterocycles. The standard InChI is InChI=1S/C26H32F2N6O2/c1-6-18-14-34(21-12-24(35)31(4)22-15-32(9-8-29)30-26(21)22)19(7-2)13-33(18)16(3)25-20(28)10-17(27)11-23(25)36-5/h10-12,15-16,18-19H,6-7,9,13-14H2,1-5H3/t16-,18-,19+/m1/s1. The van der Waals surface area contributed by atoms with Crippen molar-refractivity contribution in [3.05, 3.63) is 51.9 Å². The maximum absolute atomic E-state index is 14.9. The van der Waals surface area contributed by atoms with Gasteiger partial charge in [-0.25, -0.2) is 8.78 Å². The molecule has 0 spiro atoms. The lowest BCUT2D eigenvalue weighted by Gasteiger charge is -2.49. The van der Waals surface area contributed by atoms with Crippen LogP contribution in [0.2, 0.25) is 0 Å². The summed E-state index contributed by atoms with van der Waals surface area (Å²) in [5.41, 5.74) is 2.28. The summed E-state index contributed by atoms with van der Waals surface area (Å²) in [7, 11) is 3.12. The Hall–Kier alpha value is -3.45. The molecule has 0 N–H and O–H groups in total. The van der Waals surface area contributed by atoms with Crippen molar-refractivity contribution in [3.8, 4) is 11.8 Å². The lowest BCUT2D eigenvalue weighted by Crippen LogP contribution is -2.59. The van der Waals surface area contributed by atoms with Crippen LogP contribution in [0.25, 0.3) is 11.0 Å². The highest BCUT2D eigenvalue weighted by Crippen LogP contribution is 2.38. The summed E-state index contributed by atoms with van der Waals surface area (Å²) in [6.45, 7) is 7.40. The predicted octanol–water partition coefficient (Wildman–Crippen LogP) is 3.99. The Balaban J connectivity index is 1.75. The molecule has 192 valence electrons. The third-order valence-electron chi connectivity index (χ3n) is 7.35. The highest BCUT2D eigenvalue weighted by molar-refractivity contribution is 5.88. The lowest BCUT2D eigenvalue weighted by molar-refractivity contribution is 0.0977. The van der Waals surface area contributed by atoms with Gasteiger partial charge in [0.1, 0.15) is 29.4 Å². The van der Waals surface area contributed by atoms with Gasteiger partial charge in [-0.15, -0.1) is 0 Å². The summed E-state index contributed by atoms with van der Waals surface area (Å²) in [5, 5.41) is 13.7. The normalized spacial score (nSPS) is 19.4. The Morgan fingerprint density at radius 1 is 1.19 bits per heavy atom. The zero-order valence-corrected chi connectivity index (χ0v) is 21.3. The first-order valence-corrected chi connectivity index (χ1v) is 12.2. The Morgan fingerprint density at radius 3 is 2.56 bits per heavy atom. The second kappa shape index (κ2) is 10.3. The Morgan fingerprint density at radius 2 is 1.92 bits per heavy atom. The number of rotatable bonds is 7. The molecule has 3 aromatic rings. The van der Waals surface area contributed by atoms with Crippen molar-refractivity contribution >= 4 is 16.7 Å². The van der Waals surface area contributed by atoms with Crippen LogP contribution in [-0.2, 0) is 13.6 Å². The van der Waals surface area contributed by atoms with Gasteiger partial charge in [-0.2, -0.15) is 10.4 Å². The number of piperazine rings is 1. The molecular formula is C26H32F2N6O2. The number of halogens is 2. The summed E-state index contributed by atoms with van der Waals surface area (Å²) < 4.78 is 37.2. The summed E-state index contributed by atoms with van der Waals surface area (Å²) in [4.78, 5) is 17.3. The minimum Gasteiger partial charge on any atom is -0.496 e. The molecule has 1 aliphatic rings. The van der Waals surface area contributed by atoms with E-state index in [9.17, 15) is 13.6 Å². The largest absolute Gasteiger partial charge is 0.496 e. The van der Waals surface area contributed by atoms with Crippen molar-refractivity contribution < 1.29 is 13.5 Å². The van der Waals surface area contributed by atoms with E-state index < -0.39 is 11.6 Å². The molecule has 0 amide bonds. The number of nitrogens with zero attached hydrogens (tertiary/aromatic N) is 6. The molecule has 1 fully saturated rings. The fourth-order valence-corrected chi connectivity index (χ4v) is 5.37. The van der Waals surface area contributed by atoms with Crippen LogP contribution >= 0.6 is 0 Å². The van der Waals surface area contributed by atoms with E-state index in [0.717, 1.165) is 24.6 Å². The molecule has 36 heavy (non-hydrogen) atoms. The van der Waals surface area contributed by atoms with E-state index in [1.165, 1.54) is 13.2 Å². The number of benzene rings is 1. The first-order valence-electron chi connectivity index (χ1n) is 12.2. The summed E-state index contributed by atoms with van der Waals surface area (Å²) in [6, 6.07) is 5.55. The van der Waals surface area contributed by atoms with Crippen molar-refractivity contribution in [2.45, 2.75) is 58.3 Å². The molecular weight excluding hydrogens is 466 g/mol. The van der Waals surface area contributed by atoms with Crippen molar-refractivity contribution in [1.29, 1.82) is 5.26 Å². The smallest absolute Gasteiger partial charge is 0.252 e. The van der Waals surface area contributed by atoms with Gasteiger partial charge in [0, 0.05) is 62.0 Å². The maximum atomic E-state index is 14.9. The molecule has 10 heteroatoms.